The van der Waals surface area contributed by atoms with Gasteiger partial charge in [-0.25, -0.2) is 9.37 Å². The van der Waals surface area contributed by atoms with Crippen molar-refractivity contribution in [3.8, 4) is 22.7 Å². The molecule has 8 heteroatoms. The molecule has 1 aliphatic heterocycles. The van der Waals surface area contributed by atoms with E-state index >= 15 is 0 Å². The van der Waals surface area contributed by atoms with Crippen molar-refractivity contribution in [2.45, 2.75) is 32.2 Å². The molecule has 1 N–H and O–H groups in total. The Kier molecular flexibility index (Phi) is 5.03. The van der Waals surface area contributed by atoms with Gasteiger partial charge in [-0.3, -0.25) is 4.79 Å². The number of rotatable bonds is 4. The van der Waals surface area contributed by atoms with Gasteiger partial charge >= 0.3 is 0 Å². The molecule has 7 nitrogen and oxygen atoms in total. The number of amides is 1. The predicted octanol–water partition coefficient (Wildman–Crippen LogP) is 4.72. The normalized spacial score (nSPS) is 13.5. The summed E-state index contributed by atoms with van der Waals surface area (Å²) in [7, 11) is 0. The number of aromatic nitrogens is 4. The minimum Gasteiger partial charge on any atom is -0.444 e. The van der Waals surface area contributed by atoms with Crippen LogP contribution in [0.4, 0.5) is 10.1 Å². The smallest absolute Gasteiger partial charge is 0.255 e. The average molecular weight is 417 g/mol. The number of hydrogen-bond donors (Lipinski definition) is 1. The lowest BCUT2D eigenvalue weighted by Gasteiger charge is -2.11. The maximum atomic E-state index is 14.5. The first-order valence-corrected chi connectivity index (χ1v) is 10.2. The van der Waals surface area contributed by atoms with Crippen LogP contribution in [-0.4, -0.2) is 25.7 Å². The minimum atomic E-state index is -0.508. The SMILES string of the molecule is O=C(Nc1cc(-c2nnc3n2CCCCC3)ccc1F)c1ccc(-c2cnco2)cc1. The Bertz CT molecular complexity index is 1220. The van der Waals surface area contributed by atoms with Crippen LogP contribution in [0.2, 0.25) is 0 Å². The first-order chi connectivity index (χ1) is 15.2. The third-order valence-corrected chi connectivity index (χ3v) is 5.45. The Balaban J connectivity index is 1.39. The zero-order valence-electron chi connectivity index (χ0n) is 16.7. The summed E-state index contributed by atoms with van der Waals surface area (Å²) in [6, 6.07) is 11.5. The van der Waals surface area contributed by atoms with Gasteiger partial charge in [0, 0.05) is 29.7 Å². The minimum absolute atomic E-state index is 0.104. The second-order valence-electron chi connectivity index (χ2n) is 7.49. The summed E-state index contributed by atoms with van der Waals surface area (Å²) in [5.74, 6) is 1.35. The van der Waals surface area contributed by atoms with E-state index in [1.807, 2.05) is 0 Å². The fraction of sp³-hybridized carbons (Fsp3) is 0.217. The number of fused-ring (bicyclic) bond motifs is 1. The van der Waals surface area contributed by atoms with Crippen LogP contribution < -0.4 is 5.32 Å². The summed E-state index contributed by atoms with van der Waals surface area (Å²) in [5, 5.41) is 11.3. The van der Waals surface area contributed by atoms with Crippen molar-refractivity contribution in [1.29, 1.82) is 0 Å². The van der Waals surface area contributed by atoms with Gasteiger partial charge in [-0.2, -0.15) is 0 Å². The van der Waals surface area contributed by atoms with Gasteiger partial charge in [-0.15, -0.1) is 10.2 Å². The molecule has 5 rings (SSSR count). The van der Waals surface area contributed by atoms with Crippen molar-refractivity contribution < 1.29 is 13.6 Å². The van der Waals surface area contributed by atoms with E-state index in [-0.39, 0.29) is 5.69 Å². The Morgan fingerprint density at radius 2 is 1.87 bits per heavy atom. The van der Waals surface area contributed by atoms with Gasteiger partial charge in [0.2, 0.25) is 0 Å². The fourth-order valence-electron chi connectivity index (χ4n) is 3.80. The van der Waals surface area contributed by atoms with E-state index in [1.54, 1.807) is 42.6 Å². The number of benzene rings is 2. The molecule has 4 aromatic rings. The Labute approximate surface area is 178 Å². The highest BCUT2D eigenvalue weighted by molar-refractivity contribution is 6.04. The first kappa shape index (κ1) is 19.2. The number of nitrogens with one attached hydrogen (secondary N) is 1. The van der Waals surface area contributed by atoms with Gasteiger partial charge < -0.3 is 14.3 Å². The van der Waals surface area contributed by atoms with Gasteiger partial charge in [-0.05, 0) is 43.2 Å². The molecule has 2 aromatic carbocycles. The van der Waals surface area contributed by atoms with Crippen molar-refractivity contribution in [3.63, 3.8) is 0 Å². The van der Waals surface area contributed by atoms with Crippen molar-refractivity contribution in [1.82, 2.24) is 19.7 Å². The van der Waals surface area contributed by atoms with E-state index in [9.17, 15) is 9.18 Å². The lowest BCUT2D eigenvalue weighted by molar-refractivity contribution is 0.102. The van der Waals surface area contributed by atoms with Crippen molar-refractivity contribution >= 4 is 11.6 Å². The number of carbonyl (C=O) groups is 1. The molecule has 0 unspecified atom stereocenters. The van der Waals surface area contributed by atoms with E-state index in [1.165, 1.54) is 12.5 Å². The van der Waals surface area contributed by atoms with Crippen LogP contribution in [0.5, 0.6) is 0 Å². The fourth-order valence-corrected chi connectivity index (χ4v) is 3.80. The second-order valence-corrected chi connectivity index (χ2v) is 7.49. The molecular weight excluding hydrogens is 397 g/mol. The van der Waals surface area contributed by atoms with Crippen LogP contribution in [0.15, 0.2) is 59.5 Å². The summed E-state index contributed by atoms with van der Waals surface area (Å²) in [5.41, 5.74) is 2.03. The molecule has 0 bridgehead atoms. The Morgan fingerprint density at radius 3 is 2.68 bits per heavy atom. The van der Waals surface area contributed by atoms with Gasteiger partial charge in [0.25, 0.3) is 5.91 Å². The zero-order valence-corrected chi connectivity index (χ0v) is 16.7. The average Bonchev–Trinajstić information content (AvgIpc) is 3.41. The lowest BCUT2D eigenvalue weighted by Crippen LogP contribution is -2.13. The van der Waals surface area contributed by atoms with Gasteiger partial charge in [0.15, 0.2) is 18.0 Å². The molecule has 0 atom stereocenters. The monoisotopic (exact) mass is 417 g/mol. The number of aryl methyl sites for hydroxylation is 1. The molecule has 3 heterocycles. The number of halogens is 1. The molecule has 0 spiro atoms. The number of oxazole rings is 1. The summed E-state index contributed by atoms with van der Waals surface area (Å²) in [4.78, 5) is 16.6. The zero-order chi connectivity index (χ0) is 21.2. The van der Waals surface area contributed by atoms with Crippen LogP contribution >= 0.6 is 0 Å². The van der Waals surface area contributed by atoms with Crippen LogP contribution in [0.25, 0.3) is 22.7 Å². The Morgan fingerprint density at radius 1 is 1.03 bits per heavy atom. The van der Waals surface area contributed by atoms with Crippen LogP contribution in [0.3, 0.4) is 0 Å². The molecule has 1 aliphatic rings. The number of anilines is 1. The van der Waals surface area contributed by atoms with Gasteiger partial charge in [0.1, 0.15) is 11.6 Å². The third-order valence-electron chi connectivity index (χ3n) is 5.45. The van der Waals surface area contributed by atoms with Crippen LogP contribution in [0, 0.1) is 5.82 Å². The van der Waals surface area contributed by atoms with Crippen molar-refractivity contribution in [2.75, 3.05) is 5.32 Å². The van der Waals surface area contributed by atoms with Crippen LogP contribution in [0.1, 0.15) is 35.4 Å². The molecule has 1 amide bonds. The van der Waals surface area contributed by atoms with Crippen molar-refractivity contribution in [2.24, 2.45) is 0 Å². The molecule has 0 radical (unpaired) electrons. The van der Waals surface area contributed by atoms with E-state index in [0.29, 0.717) is 17.1 Å². The molecule has 0 saturated heterocycles. The van der Waals surface area contributed by atoms with E-state index in [2.05, 4.69) is 25.1 Å². The molecule has 156 valence electrons. The summed E-state index contributed by atoms with van der Waals surface area (Å²) < 4.78 is 21.8. The Hall–Kier alpha value is -3.81. The van der Waals surface area contributed by atoms with Gasteiger partial charge in [0.05, 0.1) is 11.9 Å². The van der Waals surface area contributed by atoms with Crippen LogP contribution in [-0.2, 0) is 13.0 Å². The molecule has 0 saturated carbocycles. The number of carbonyl (C=O) groups excluding carboxylic acids is 1. The van der Waals surface area contributed by atoms with E-state index in [4.69, 9.17) is 4.42 Å². The van der Waals surface area contributed by atoms with Gasteiger partial charge in [-0.1, -0.05) is 18.6 Å². The summed E-state index contributed by atoms with van der Waals surface area (Å²) in [6.07, 6.45) is 7.15. The quantitative estimate of drug-likeness (QED) is 0.519. The second kappa shape index (κ2) is 8.14. The van der Waals surface area contributed by atoms with Crippen molar-refractivity contribution in [3.05, 3.63) is 72.3 Å². The highest BCUT2D eigenvalue weighted by Gasteiger charge is 2.18. The first-order valence-electron chi connectivity index (χ1n) is 10.2. The highest BCUT2D eigenvalue weighted by Crippen LogP contribution is 2.27. The topological polar surface area (TPSA) is 85.8 Å². The highest BCUT2D eigenvalue weighted by atomic mass is 19.1. The molecule has 0 aliphatic carbocycles. The number of hydrogen-bond acceptors (Lipinski definition) is 5. The van der Waals surface area contributed by atoms with E-state index in [0.717, 1.165) is 49.2 Å². The lowest BCUT2D eigenvalue weighted by atomic mass is 10.1. The largest absolute Gasteiger partial charge is 0.444 e. The molecule has 0 fully saturated rings. The molecular formula is C23H20FN5O2. The maximum absolute atomic E-state index is 14.5. The summed E-state index contributed by atoms with van der Waals surface area (Å²) >= 11 is 0. The van der Waals surface area contributed by atoms with E-state index < -0.39 is 11.7 Å². The maximum Gasteiger partial charge on any atom is 0.255 e. The third kappa shape index (κ3) is 3.84. The predicted molar refractivity (Wildman–Crippen MR) is 113 cm³/mol. The molecule has 31 heavy (non-hydrogen) atoms. The standard InChI is InChI=1S/C23H20FN5O2/c24-18-10-9-17(22-28-27-21-4-2-1-3-11-29(21)22)12-19(18)26-23(30)16-7-5-15(6-8-16)20-13-25-14-31-20/h5-10,12-14H,1-4,11H2,(H,26,30). The number of nitrogens with zero attached hydrogens (tertiary/aromatic N) is 4. The molecule has 2 aromatic heterocycles. The summed E-state index contributed by atoms with van der Waals surface area (Å²) in [6.45, 7) is 0.842.